The number of ether oxygens (including phenoxy) is 2. The number of amides is 1. The predicted molar refractivity (Wildman–Crippen MR) is 156 cm³/mol. The third-order valence-electron chi connectivity index (χ3n) is 6.34. The first-order chi connectivity index (χ1) is 18.3. The van der Waals surface area contributed by atoms with E-state index in [-0.39, 0.29) is 14.9 Å². The molecular formula is C30H34N4O4. The number of aromatic nitrogens is 2. The Morgan fingerprint density at radius 2 is 1.92 bits per heavy atom. The number of likely N-dealkylation sites (N-methyl/N-ethyl adjacent to an activating group) is 1. The molecule has 2 heterocycles. The number of aromatic amines is 1. The summed E-state index contributed by atoms with van der Waals surface area (Å²) in [4.78, 5) is 35.1. The van der Waals surface area contributed by atoms with Gasteiger partial charge in [-0.15, -0.1) is 0 Å². The van der Waals surface area contributed by atoms with Crippen LogP contribution in [0.3, 0.4) is 0 Å². The van der Waals surface area contributed by atoms with E-state index in [0.29, 0.717) is 23.5 Å². The second kappa shape index (κ2) is 10.1. The molecule has 1 amide bonds. The molecule has 2 N–H and O–H groups in total. The highest BCUT2D eigenvalue weighted by Crippen LogP contribution is 2.42. The SMILES string of the molecule is C=CC(=O)Nc1cccc2c1c1cc(OCCN(C)C)ccc1c1[nH]c3ncc(C(=O)OC(C)C)cc3c21.[HH].[HH]. The molecule has 2 aromatic heterocycles. The Morgan fingerprint density at radius 3 is 2.66 bits per heavy atom. The summed E-state index contributed by atoms with van der Waals surface area (Å²) in [6, 6.07) is 13.5. The molecule has 0 aliphatic carbocycles. The highest BCUT2D eigenvalue weighted by molar-refractivity contribution is 6.33. The average molecular weight is 515 g/mol. The second-order valence-corrected chi connectivity index (χ2v) is 9.73. The summed E-state index contributed by atoms with van der Waals surface area (Å²) in [5.41, 5.74) is 2.57. The molecule has 0 aliphatic heterocycles. The Bertz CT molecular complexity index is 1730. The fourth-order valence-corrected chi connectivity index (χ4v) is 4.67. The number of carbonyl (C=O) groups is 2. The Balaban J connectivity index is 0.00000220. The number of pyridine rings is 1. The molecule has 3 aromatic carbocycles. The standard InChI is InChI=1S/C30H30N4O4.2H2/c1-6-25(35)32-24-9-7-8-21-26(24)22-15-19(37-13-12-34(4)5)10-11-20(22)28-27(21)23-14-18(16-31-29(23)33-28)30(36)38-17(2)3;;/h6-11,14-17H,1,12-13H2,2-5H3,(H,31,33)(H,32,35);2*1H. The second-order valence-electron chi connectivity index (χ2n) is 9.73. The fourth-order valence-electron chi connectivity index (χ4n) is 4.67. The lowest BCUT2D eigenvalue weighted by atomic mass is 9.95. The van der Waals surface area contributed by atoms with Crippen molar-refractivity contribution in [1.82, 2.24) is 14.9 Å². The number of benzene rings is 3. The van der Waals surface area contributed by atoms with Gasteiger partial charge in [-0.3, -0.25) is 4.79 Å². The summed E-state index contributed by atoms with van der Waals surface area (Å²) in [5, 5.41) is 8.28. The molecule has 0 spiro atoms. The summed E-state index contributed by atoms with van der Waals surface area (Å²) in [6.45, 7) is 8.55. The fraction of sp³-hybridized carbons (Fsp3) is 0.233. The van der Waals surface area contributed by atoms with Crippen LogP contribution in [0.1, 0.15) is 27.1 Å². The average Bonchev–Trinajstić information content (AvgIpc) is 3.27. The van der Waals surface area contributed by atoms with E-state index in [1.807, 2.05) is 70.4 Å². The molecule has 0 saturated heterocycles. The molecule has 198 valence electrons. The maximum Gasteiger partial charge on any atom is 0.339 e. The lowest BCUT2D eigenvalue weighted by Crippen LogP contribution is -2.19. The van der Waals surface area contributed by atoms with Crippen molar-refractivity contribution in [2.75, 3.05) is 32.6 Å². The van der Waals surface area contributed by atoms with Crippen LogP contribution in [-0.4, -0.2) is 60.1 Å². The van der Waals surface area contributed by atoms with Crippen LogP contribution in [0.4, 0.5) is 5.69 Å². The summed E-state index contributed by atoms with van der Waals surface area (Å²) < 4.78 is 11.4. The van der Waals surface area contributed by atoms with Crippen molar-refractivity contribution in [3.8, 4) is 5.75 Å². The molecule has 0 atom stereocenters. The van der Waals surface area contributed by atoms with Crippen LogP contribution in [0, 0.1) is 0 Å². The highest BCUT2D eigenvalue weighted by atomic mass is 16.5. The van der Waals surface area contributed by atoms with Crippen molar-refractivity contribution in [2.45, 2.75) is 20.0 Å². The zero-order chi connectivity index (χ0) is 27.0. The maximum atomic E-state index is 12.7. The van der Waals surface area contributed by atoms with E-state index in [4.69, 9.17) is 9.47 Å². The number of H-pyrrole nitrogens is 1. The Hall–Kier alpha value is -4.43. The molecule has 0 unspecified atom stereocenters. The van der Waals surface area contributed by atoms with Crippen LogP contribution in [-0.2, 0) is 9.53 Å². The smallest absolute Gasteiger partial charge is 0.339 e. The van der Waals surface area contributed by atoms with E-state index in [1.54, 1.807) is 0 Å². The third kappa shape index (κ3) is 4.66. The van der Waals surface area contributed by atoms with Gasteiger partial charge in [0.25, 0.3) is 0 Å². The van der Waals surface area contributed by atoms with Gasteiger partial charge in [-0.1, -0.05) is 18.7 Å². The van der Waals surface area contributed by atoms with Gasteiger partial charge in [-0.2, -0.15) is 0 Å². The minimum atomic E-state index is -0.424. The lowest BCUT2D eigenvalue weighted by Gasteiger charge is -2.15. The first-order valence-corrected chi connectivity index (χ1v) is 12.5. The molecule has 0 bridgehead atoms. The van der Waals surface area contributed by atoms with Crippen LogP contribution in [0.15, 0.2) is 61.3 Å². The lowest BCUT2D eigenvalue weighted by molar-refractivity contribution is -0.111. The van der Waals surface area contributed by atoms with Crippen LogP contribution in [0.25, 0.3) is 43.5 Å². The molecule has 8 nitrogen and oxygen atoms in total. The summed E-state index contributed by atoms with van der Waals surface area (Å²) in [7, 11) is 4.00. The summed E-state index contributed by atoms with van der Waals surface area (Å²) >= 11 is 0. The first-order valence-electron chi connectivity index (χ1n) is 12.5. The first kappa shape index (κ1) is 25.2. The molecule has 8 heteroatoms. The van der Waals surface area contributed by atoms with E-state index in [9.17, 15) is 9.59 Å². The number of anilines is 1. The van der Waals surface area contributed by atoms with Gasteiger partial charge in [0.1, 0.15) is 18.0 Å². The number of nitrogens with one attached hydrogen (secondary N) is 2. The Morgan fingerprint density at radius 1 is 1.11 bits per heavy atom. The topological polar surface area (TPSA) is 96.5 Å². The number of rotatable bonds is 8. The maximum absolute atomic E-state index is 12.7. The number of hydrogen-bond donors (Lipinski definition) is 2. The van der Waals surface area contributed by atoms with E-state index >= 15 is 0 Å². The van der Waals surface area contributed by atoms with Crippen molar-refractivity contribution in [3.05, 3.63) is 66.9 Å². The van der Waals surface area contributed by atoms with Crippen molar-refractivity contribution < 1.29 is 21.9 Å². The minimum absolute atomic E-state index is 0. The molecule has 0 radical (unpaired) electrons. The van der Waals surface area contributed by atoms with Gasteiger partial charge >= 0.3 is 5.97 Å². The monoisotopic (exact) mass is 514 g/mol. The molecule has 38 heavy (non-hydrogen) atoms. The van der Waals surface area contributed by atoms with Gasteiger partial charge in [0.15, 0.2) is 0 Å². The van der Waals surface area contributed by atoms with E-state index in [2.05, 4.69) is 26.8 Å². The van der Waals surface area contributed by atoms with Crippen LogP contribution >= 0.6 is 0 Å². The van der Waals surface area contributed by atoms with E-state index < -0.39 is 5.97 Å². The summed E-state index contributed by atoms with van der Waals surface area (Å²) in [5.74, 6) is 0.00791. The number of fused-ring (bicyclic) bond motifs is 8. The van der Waals surface area contributed by atoms with Crippen LogP contribution in [0.2, 0.25) is 0 Å². The zero-order valence-corrected chi connectivity index (χ0v) is 21.9. The van der Waals surface area contributed by atoms with Gasteiger partial charge < -0.3 is 24.7 Å². The molecular weight excluding hydrogens is 480 g/mol. The van der Waals surface area contributed by atoms with E-state index in [0.717, 1.165) is 50.1 Å². The van der Waals surface area contributed by atoms with Crippen molar-refractivity contribution >= 4 is 61.0 Å². The van der Waals surface area contributed by atoms with Gasteiger partial charge in [0.05, 0.1) is 17.2 Å². The predicted octanol–water partition coefficient (Wildman–Crippen LogP) is 6.14. The number of nitrogens with zero attached hydrogens (tertiary/aromatic N) is 2. The largest absolute Gasteiger partial charge is 0.492 e. The molecule has 0 saturated carbocycles. The summed E-state index contributed by atoms with van der Waals surface area (Å²) in [6.07, 6.45) is 2.53. The van der Waals surface area contributed by atoms with Gasteiger partial charge in [-0.05, 0) is 75.1 Å². The molecule has 5 rings (SSSR count). The third-order valence-corrected chi connectivity index (χ3v) is 6.34. The van der Waals surface area contributed by atoms with Crippen molar-refractivity contribution in [3.63, 3.8) is 0 Å². The normalized spacial score (nSPS) is 11.6. The van der Waals surface area contributed by atoms with Crippen molar-refractivity contribution in [1.29, 1.82) is 0 Å². The molecule has 5 aromatic rings. The quantitative estimate of drug-likeness (QED) is 0.147. The number of carbonyl (C=O) groups excluding carboxylic acids is 2. The van der Waals surface area contributed by atoms with E-state index in [1.165, 1.54) is 12.3 Å². The Labute approximate surface area is 223 Å². The Kier molecular flexibility index (Phi) is 6.73. The minimum Gasteiger partial charge on any atom is -0.492 e. The van der Waals surface area contributed by atoms with Crippen molar-refractivity contribution in [2.24, 2.45) is 0 Å². The van der Waals surface area contributed by atoms with Gasteiger partial charge in [0, 0.05) is 42.8 Å². The highest BCUT2D eigenvalue weighted by Gasteiger charge is 2.19. The number of esters is 1. The number of hydrogen-bond acceptors (Lipinski definition) is 6. The van der Waals surface area contributed by atoms with Crippen LogP contribution in [0.5, 0.6) is 5.75 Å². The van der Waals surface area contributed by atoms with Gasteiger partial charge in [0.2, 0.25) is 5.91 Å². The molecule has 0 fully saturated rings. The molecule has 0 aliphatic rings. The van der Waals surface area contributed by atoms with Gasteiger partial charge in [-0.25, -0.2) is 9.78 Å². The van der Waals surface area contributed by atoms with Crippen LogP contribution < -0.4 is 10.1 Å². The zero-order valence-electron chi connectivity index (χ0n) is 21.9.